The molecule has 0 fully saturated rings. The Bertz CT molecular complexity index is 784. The molecule has 0 bridgehead atoms. The third-order valence-corrected chi connectivity index (χ3v) is 4.06. The number of anilines is 1. The average molecular weight is 331 g/mol. The Morgan fingerprint density at radius 2 is 2.13 bits per heavy atom. The number of hydrogen-bond acceptors (Lipinski definition) is 7. The fourth-order valence-electron chi connectivity index (χ4n) is 2.84. The van der Waals surface area contributed by atoms with Crippen molar-refractivity contribution < 1.29 is 4.84 Å². The molecule has 7 nitrogen and oxygen atoms in total. The minimum atomic E-state index is 0.453. The van der Waals surface area contributed by atoms with Gasteiger partial charge in [0.2, 0.25) is 0 Å². The van der Waals surface area contributed by atoms with E-state index in [0.717, 1.165) is 29.4 Å². The normalized spacial score (nSPS) is 19.7. The van der Waals surface area contributed by atoms with Gasteiger partial charge in [0.1, 0.15) is 23.3 Å². The Hall–Kier alpha value is -2.38. The molecule has 8 heteroatoms. The van der Waals surface area contributed by atoms with Gasteiger partial charge in [-0.2, -0.15) is 0 Å². The predicted octanol–water partition coefficient (Wildman–Crippen LogP) is 3.42. The molecule has 0 spiro atoms. The first-order valence-corrected chi connectivity index (χ1v) is 7.56. The van der Waals surface area contributed by atoms with E-state index < -0.39 is 0 Å². The van der Waals surface area contributed by atoms with Gasteiger partial charge in [-0.15, -0.1) is 10.2 Å². The van der Waals surface area contributed by atoms with Crippen molar-refractivity contribution in [3.8, 4) is 0 Å². The van der Waals surface area contributed by atoms with E-state index in [1.54, 1.807) is 18.4 Å². The first-order valence-electron chi connectivity index (χ1n) is 7.19. The highest BCUT2D eigenvalue weighted by molar-refractivity contribution is 6.29. The molecular weight excluding hydrogens is 316 g/mol. The maximum absolute atomic E-state index is 6.06. The Balaban J connectivity index is 1.79. The summed E-state index contributed by atoms with van der Waals surface area (Å²) < 4.78 is 0. The Kier molecular flexibility index (Phi) is 3.32. The summed E-state index contributed by atoms with van der Waals surface area (Å²) in [6.45, 7) is 2.64. The van der Waals surface area contributed by atoms with Gasteiger partial charge in [0.15, 0.2) is 5.82 Å². The second-order valence-corrected chi connectivity index (χ2v) is 5.87. The molecule has 23 heavy (non-hydrogen) atoms. The summed E-state index contributed by atoms with van der Waals surface area (Å²) in [6.07, 6.45) is 6.39. The SMILES string of the molecule is CON1C=C2N=NC3=C(N2C1)N(c1ccnc(Cl)c1)C=C(C)C3. The lowest BCUT2D eigenvalue weighted by Crippen LogP contribution is -2.37. The highest BCUT2D eigenvalue weighted by Crippen LogP contribution is 2.39. The lowest BCUT2D eigenvalue weighted by molar-refractivity contribution is -0.0952. The zero-order valence-corrected chi connectivity index (χ0v) is 13.5. The summed E-state index contributed by atoms with van der Waals surface area (Å²) in [7, 11) is 1.63. The number of hydrogen-bond donors (Lipinski definition) is 0. The molecule has 1 aromatic rings. The van der Waals surface area contributed by atoms with Crippen LogP contribution in [-0.2, 0) is 4.84 Å². The van der Waals surface area contributed by atoms with E-state index in [9.17, 15) is 0 Å². The van der Waals surface area contributed by atoms with Crippen molar-refractivity contribution in [2.24, 2.45) is 10.2 Å². The number of allylic oxidation sites excluding steroid dienone is 1. The standard InChI is InChI=1S/C15H15ClN6O/c1-10-5-12-15(21(7-10)11-3-4-17-13(16)6-11)22-9-20(23-2)8-14(22)19-18-12/h3-4,6-8H,5,9H2,1-2H3. The summed E-state index contributed by atoms with van der Waals surface area (Å²) in [5.41, 5.74) is 3.06. The Morgan fingerprint density at radius 1 is 1.26 bits per heavy atom. The molecule has 1 aromatic heterocycles. The Morgan fingerprint density at radius 3 is 2.91 bits per heavy atom. The highest BCUT2D eigenvalue weighted by Gasteiger charge is 2.35. The van der Waals surface area contributed by atoms with Crippen LogP contribution in [0, 0.1) is 0 Å². The van der Waals surface area contributed by atoms with E-state index in [4.69, 9.17) is 16.4 Å². The van der Waals surface area contributed by atoms with Crippen LogP contribution in [0.5, 0.6) is 0 Å². The first kappa shape index (κ1) is 14.2. The number of aromatic nitrogens is 1. The number of rotatable bonds is 2. The van der Waals surface area contributed by atoms with Gasteiger partial charge in [0, 0.05) is 18.8 Å². The van der Waals surface area contributed by atoms with Crippen LogP contribution in [0.3, 0.4) is 0 Å². The summed E-state index contributed by atoms with van der Waals surface area (Å²) >= 11 is 6.06. The van der Waals surface area contributed by atoms with Crippen LogP contribution in [0.25, 0.3) is 0 Å². The molecule has 0 aliphatic carbocycles. The van der Waals surface area contributed by atoms with E-state index in [-0.39, 0.29) is 0 Å². The van der Waals surface area contributed by atoms with Gasteiger partial charge in [0.25, 0.3) is 0 Å². The van der Waals surface area contributed by atoms with Gasteiger partial charge in [0.05, 0.1) is 19.0 Å². The highest BCUT2D eigenvalue weighted by atomic mass is 35.5. The van der Waals surface area contributed by atoms with E-state index in [1.807, 2.05) is 18.3 Å². The number of halogens is 1. The monoisotopic (exact) mass is 330 g/mol. The molecule has 0 saturated heterocycles. The third kappa shape index (κ3) is 2.38. The molecule has 4 rings (SSSR count). The van der Waals surface area contributed by atoms with Crippen molar-refractivity contribution >= 4 is 17.3 Å². The molecule has 0 radical (unpaired) electrons. The number of hydroxylamine groups is 2. The van der Waals surface area contributed by atoms with Gasteiger partial charge in [-0.25, -0.2) is 10.0 Å². The third-order valence-electron chi connectivity index (χ3n) is 3.85. The van der Waals surface area contributed by atoms with Crippen LogP contribution in [0.4, 0.5) is 5.69 Å². The van der Waals surface area contributed by atoms with Crippen molar-refractivity contribution in [3.63, 3.8) is 0 Å². The summed E-state index contributed by atoms with van der Waals surface area (Å²) in [5, 5.41) is 10.9. The molecule has 0 atom stereocenters. The van der Waals surface area contributed by atoms with Crippen molar-refractivity contribution in [3.05, 3.63) is 58.8 Å². The van der Waals surface area contributed by atoms with Gasteiger partial charge < -0.3 is 4.90 Å². The molecule has 3 aliphatic rings. The second-order valence-electron chi connectivity index (χ2n) is 5.49. The topological polar surface area (TPSA) is 56.6 Å². The van der Waals surface area contributed by atoms with E-state index >= 15 is 0 Å². The molecule has 0 aromatic carbocycles. The van der Waals surface area contributed by atoms with Crippen LogP contribution >= 0.6 is 11.6 Å². The van der Waals surface area contributed by atoms with Crippen molar-refractivity contribution in [2.45, 2.75) is 13.3 Å². The fourth-order valence-corrected chi connectivity index (χ4v) is 3.01. The molecule has 0 N–H and O–H groups in total. The average Bonchev–Trinajstić information content (AvgIpc) is 2.97. The van der Waals surface area contributed by atoms with Gasteiger partial charge in [-0.1, -0.05) is 17.2 Å². The number of fused-ring (bicyclic) bond motifs is 2. The van der Waals surface area contributed by atoms with Crippen LogP contribution in [0.15, 0.2) is 63.9 Å². The molecule has 4 heterocycles. The van der Waals surface area contributed by atoms with E-state index in [2.05, 4.69) is 38.1 Å². The smallest absolute Gasteiger partial charge is 0.177 e. The van der Waals surface area contributed by atoms with Crippen LogP contribution in [0.1, 0.15) is 13.3 Å². The maximum atomic E-state index is 6.06. The molecule has 0 saturated carbocycles. The van der Waals surface area contributed by atoms with Crippen molar-refractivity contribution in [1.82, 2.24) is 14.9 Å². The first-order chi connectivity index (χ1) is 11.2. The van der Waals surface area contributed by atoms with Crippen molar-refractivity contribution in [1.29, 1.82) is 0 Å². The number of nitrogens with zero attached hydrogens (tertiary/aromatic N) is 6. The van der Waals surface area contributed by atoms with Crippen LogP contribution < -0.4 is 4.90 Å². The predicted molar refractivity (Wildman–Crippen MR) is 85.6 cm³/mol. The molecule has 3 aliphatic heterocycles. The van der Waals surface area contributed by atoms with Gasteiger partial charge >= 0.3 is 0 Å². The van der Waals surface area contributed by atoms with Crippen molar-refractivity contribution in [2.75, 3.05) is 18.7 Å². The van der Waals surface area contributed by atoms with E-state index in [1.165, 1.54) is 5.57 Å². The minimum absolute atomic E-state index is 0.453. The summed E-state index contributed by atoms with van der Waals surface area (Å²) in [6, 6.07) is 3.76. The largest absolute Gasteiger partial charge is 0.301 e. The van der Waals surface area contributed by atoms with Crippen LogP contribution in [0.2, 0.25) is 5.15 Å². The van der Waals surface area contributed by atoms with Gasteiger partial charge in [-0.05, 0) is 19.1 Å². The summed E-state index contributed by atoms with van der Waals surface area (Å²) in [5.74, 6) is 1.72. The van der Waals surface area contributed by atoms with Crippen LogP contribution in [-0.4, -0.2) is 28.7 Å². The molecule has 0 unspecified atom stereocenters. The zero-order valence-electron chi connectivity index (χ0n) is 12.8. The lowest BCUT2D eigenvalue weighted by Gasteiger charge is -2.37. The fraction of sp³-hybridized carbons (Fsp3) is 0.267. The quantitative estimate of drug-likeness (QED) is 0.778. The van der Waals surface area contributed by atoms with Gasteiger partial charge in [-0.3, -0.25) is 9.74 Å². The lowest BCUT2D eigenvalue weighted by atomic mass is 10.1. The zero-order chi connectivity index (χ0) is 16.0. The molecular formula is C15H15ClN6O. The van der Waals surface area contributed by atoms with E-state index in [0.29, 0.717) is 11.8 Å². The summed E-state index contributed by atoms with van der Waals surface area (Å²) in [4.78, 5) is 13.5. The molecule has 0 amide bonds. The number of azo groups is 1. The molecule has 118 valence electrons. The minimum Gasteiger partial charge on any atom is -0.301 e. The number of pyridine rings is 1. The second kappa shape index (κ2) is 5.36. The Labute approximate surface area is 138 Å². The maximum Gasteiger partial charge on any atom is 0.177 e.